The van der Waals surface area contributed by atoms with Crippen LogP contribution >= 0.6 is 0 Å². The van der Waals surface area contributed by atoms with Gasteiger partial charge in [0, 0.05) is 6.54 Å². The van der Waals surface area contributed by atoms with E-state index in [1.54, 1.807) is 0 Å². The van der Waals surface area contributed by atoms with E-state index in [0.29, 0.717) is 13.0 Å². The van der Waals surface area contributed by atoms with Crippen LogP contribution in [0.25, 0.3) is 0 Å². The number of ether oxygens (including phenoxy) is 1. The van der Waals surface area contributed by atoms with Gasteiger partial charge in [-0.15, -0.1) is 0 Å². The molecule has 2 aliphatic heterocycles. The van der Waals surface area contributed by atoms with Crippen molar-refractivity contribution in [3.63, 3.8) is 0 Å². The second kappa shape index (κ2) is 6.43. The molecule has 0 unspecified atom stereocenters. The van der Waals surface area contributed by atoms with Gasteiger partial charge in [0.1, 0.15) is 11.5 Å². The second-order valence-electron chi connectivity index (χ2n) is 7.87. The lowest BCUT2D eigenvalue weighted by atomic mass is 10.2. The number of hydrogen-bond acceptors (Lipinski definition) is 6. The standard InChI is InChI=1S/C15H27NO6SSi/c1-11-9-20-14(17)16-8-13(22-24(5,6)15(2,3)4)7-12(16)10-21-23(11,18)19/h12-13H,1,7-10H2,2-6H3/t12-,13+/m0/s1. The molecule has 2 rings (SSSR count). The summed E-state index contributed by atoms with van der Waals surface area (Å²) >= 11 is 0. The van der Waals surface area contributed by atoms with E-state index in [1.807, 2.05) is 0 Å². The Morgan fingerprint density at radius 3 is 2.54 bits per heavy atom. The van der Waals surface area contributed by atoms with Crippen LogP contribution in [0.4, 0.5) is 4.79 Å². The quantitative estimate of drug-likeness (QED) is 0.543. The number of nitrogens with zero attached hydrogens (tertiary/aromatic N) is 1. The van der Waals surface area contributed by atoms with Gasteiger partial charge in [-0.2, -0.15) is 8.42 Å². The summed E-state index contributed by atoms with van der Waals surface area (Å²) in [5, 5.41) is 0.0550. The van der Waals surface area contributed by atoms with Crippen molar-refractivity contribution in [3.8, 4) is 0 Å². The Balaban J connectivity index is 2.13. The Bertz CT molecular complexity index is 624. The van der Waals surface area contributed by atoms with Crippen LogP contribution in [0, 0.1) is 0 Å². The first kappa shape index (κ1) is 19.4. The third-order valence-electron chi connectivity index (χ3n) is 5.00. The van der Waals surface area contributed by atoms with Crippen molar-refractivity contribution in [3.05, 3.63) is 11.5 Å². The Morgan fingerprint density at radius 1 is 1.33 bits per heavy atom. The van der Waals surface area contributed by atoms with Crippen LogP contribution in [0.3, 0.4) is 0 Å². The Hall–Kier alpha value is -0.903. The zero-order chi connectivity index (χ0) is 18.3. The van der Waals surface area contributed by atoms with Gasteiger partial charge in [-0.3, -0.25) is 4.18 Å². The third kappa shape index (κ3) is 4.01. The average molecular weight is 378 g/mol. The summed E-state index contributed by atoms with van der Waals surface area (Å²) in [6, 6.07) is -0.382. The van der Waals surface area contributed by atoms with Crippen molar-refractivity contribution in [2.24, 2.45) is 0 Å². The van der Waals surface area contributed by atoms with Crippen molar-refractivity contribution in [1.29, 1.82) is 0 Å². The van der Waals surface area contributed by atoms with Gasteiger partial charge in [0.2, 0.25) is 0 Å². The van der Waals surface area contributed by atoms with E-state index >= 15 is 0 Å². The number of amides is 1. The normalized spacial score (nSPS) is 28.6. The van der Waals surface area contributed by atoms with Crippen LogP contribution in [0.1, 0.15) is 27.2 Å². The Morgan fingerprint density at radius 2 is 1.96 bits per heavy atom. The van der Waals surface area contributed by atoms with Crippen LogP contribution < -0.4 is 0 Å². The van der Waals surface area contributed by atoms with Crippen LogP contribution in [-0.2, 0) is 23.5 Å². The molecule has 9 heteroatoms. The van der Waals surface area contributed by atoms with E-state index in [2.05, 4.69) is 40.4 Å². The Labute approximate surface area is 145 Å². The van der Waals surface area contributed by atoms with E-state index in [9.17, 15) is 13.2 Å². The van der Waals surface area contributed by atoms with Gasteiger partial charge in [-0.25, -0.2) is 4.79 Å². The molecule has 0 N–H and O–H groups in total. The van der Waals surface area contributed by atoms with E-state index in [0.717, 1.165) is 0 Å². The first-order valence-corrected chi connectivity index (χ1v) is 12.3. The Kier molecular flexibility index (Phi) is 5.21. The second-order valence-corrected chi connectivity index (χ2v) is 14.4. The maximum absolute atomic E-state index is 12.2. The van der Waals surface area contributed by atoms with Gasteiger partial charge in [-0.1, -0.05) is 27.4 Å². The van der Waals surface area contributed by atoms with Crippen molar-refractivity contribution < 1.29 is 26.6 Å². The number of cyclic esters (lactones) is 1. The number of fused-ring (bicyclic) bond motifs is 1. The predicted molar refractivity (Wildman–Crippen MR) is 92.5 cm³/mol. The summed E-state index contributed by atoms with van der Waals surface area (Å²) in [7, 11) is -5.90. The summed E-state index contributed by atoms with van der Waals surface area (Å²) in [5.74, 6) is 0. The van der Waals surface area contributed by atoms with Gasteiger partial charge >= 0.3 is 6.09 Å². The smallest absolute Gasteiger partial charge is 0.410 e. The molecule has 0 aromatic rings. The molecule has 2 fully saturated rings. The molecule has 1 amide bonds. The molecular formula is C15H27NO6SSi. The van der Waals surface area contributed by atoms with Gasteiger partial charge in [0.05, 0.1) is 18.8 Å². The largest absolute Gasteiger partial charge is 0.444 e. The molecule has 0 aromatic carbocycles. The van der Waals surface area contributed by atoms with Crippen molar-refractivity contribution in [2.75, 3.05) is 19.8 Å². The highest BCUT2D eigenvalue weighted by Gasteiger charge is 2.45. The predicted octanol–water partition coefficient (Wildman–Crippen LogP) is 2.46. The first-order valence-electron chi connectivity index (χ1n) is 8.02. The van der Waals surface area contributed by atoms with Gasteiger partial charge in [-0.05, 0) is 24.6 Å². The van der Waals surface area contributed by atoms with Gasteiger partial charge in [0.15, 0.2) is 8.32 Å². The lowest BCUT2D eigenvalue weighted by Crippen LogP contribution is -2.45. The van der Waals surface area contributed by atoms with Gasteiger partial charge < -0.3 is 14.1 Å². The zero-order valence-electron chi connectivity index (χ0n) is 15.0. The molecule has 0 aliphatic carbocycles. The summed E-state index contributed by atoms with van der Waals surface area (Å²) in [6.45, 7) is 14.0. The zero-order valence-corrected chi connectivity index (χ0v) is 16.8. The molecule has 2 heterocycles. The fourth-order valence-corrected chi connectivity index (χ4v) is 4.55. The van der Waals surface area contributed by atoms with Crippen LogP contribution in [-0.4, -0.2) is 59.6 Å². The molecular weight excluding hydrogens is 350 g/mol. The average Bonchev–Trinajstić information content (AvgIpc) is 2.83. The molecule has 2 atom stereocenters. The molecule has 2 saturated heterocycles. The van der Waals surface area contributed by atoms with Crippen LogP contribution in [0.15, 0.2) is 11.5 Å². The highest BCUT2D eigenvalue weighted by molar-refractivity contribution is 7.90. The van der Waals surface area contributed by atoms with E-state index in [4.69, 9.17) is 13.3 Å². The summed E-state index contributed by atoms with van der Waals surface area (Å²) in [6.07, 6.45) is -0.163. The van der Waals surface area contributed by atoms with E-state index < -0.39 is 31.1 Å². The van der Waals surface area contributed by atoms with Crippen molar-refractivity contribution >= 4 is 24.5 Å². The van der Waals surface area contributed by atoms with Gasteiger partial charge in [0.25, 0.3) is 10.1 Å². The first-order chi connectivity index (χ1) is 10.8. The lowest BCUT2D eigenvalue weighted by Gasteiger charge is -2.38. The molecule has 138 valence electrons. The highest BCUT2D eigenvalue weighted by Crippen LogP contribution is 2.39. The molecule has 0 radical (unpaired) electrons. The minimum absolute atomic E-state index is 0.0550. The number of rotatable bonds is 2. The van der Waals surface area contributed by atoms with E-state index in [-0.39, 0.29) is 28.7 Å². The number of carbonyl (C=O) groups is 1. The molecule has 0 bridgehead atoms. The maximum Gasteiger partial charge on any atom is 0.410 e. The summed E-state index contributed by atoms with van der Waals surface area (Å²) in [5.41, 5.74) is 0. The van der Waals surface area contributed by atoms with Crippen molar-refractivity contribution in [2.45, 2.75) is 57.5 Å². The SMILES string of the molecule is C=C1COC(=O)N2C[C@H](O[Si](C)(C)C(C)(C)C)C[C@H]2COS1(=O)=O. The lowest BCUT2D eigenvalue weighted by molar-refractivity contribution is 0.0973. The fourth-order valence-electron chi connectivity index (χ4n) is 2.48. The molecule has 2 aliphatic rings. The third-order valence-corrected chi connectivity index (χ3v) is 10.8. The molecule has 0 saturated carbocycles. The monoisotopic (exact) mass is 377 g/mol. The maximum atomic E-state index is 12.2. The topological polar surface area (TPSA) is 82.1 Å². The van der Waals surface area contributed by atoms with Crippen molar-refractivity contribution in [1.82, 2.24) is 4.90 Å². The molecule has 7 nitrogen and oxygen atoms in total. The van der Waals surface area contributed by atoms with Crippen LogP contribution in [0.5, 0.6) is 0 Å². The summed E-state index contributed by atoms with van der Waals surface area (Å²) < 4.78 is 40.2. The molecule has 24 heavy (non-hydrogen) atoms. The highest BCUT2D eigenvalue weighted by atomic mass is 32.2. The fraction of sp³-hybridized carbons (Fsp3) is 0.800. The van der Waals surface area contributed by atoms with E-state index in [1.165, 1.54) is 4.90 Å². The minimum Gasteiger partial charge on any atom is -0.444 e. The number of carbonyl (C=O) groups excluding carboxylic acids is 1. The molecule has 0 aromatic heterocycles. The minimum atomic E-state index is -3.91. The number of hydrogen-bond donors (Lipinski definition) is 0. The van der Waals surface area contributed by atoms with Crippen LogP contribution in [0.2, 0.25) is 18.1 Å². The summed E-state index contributed by atoms with van der Waals surface area (Å²) in [4.78, 5) is 13.5. The molecule has 0 spiro atoms.